The Labute approximate surface area is 130 Å². The van der Waals surface area contributed by atoms with E-state index in [2.05, 4.69) is 17.2 Å². The largest absolute Gasteiger partial charge is 0.493 e. The summed E-state index contributed by atoms with van der Waals surface area (Å²) in [6.07, 6.45) is 2.66. The number of benzene rings is 1. The van der Waals surface area contributed by atoms with E-state index in [0.29, 0.717) is 5.15 Å². The molecule has 1 N–H and O–H groups in total. The summed E-state index contributed by atoms with van der Waals surface area (Å²) in [5, 5.41) is 3.93. The van der Waals surface area contributed by atoms with Gasteiger partial charge in [0, 0.05) is 0 Å². The minimum atomic E-state index is 0.160. The van der Waals surface area contributed by atoms with Gasteiger partial charge in [-0.25, -0.2) is 4.98 Å². The second-order valence-electron chi connectivity index (χ2n) is 4.59. The summed E-state index contributed by atoms with van der Waals surface area (Å²) in [6, 6.07) is 9.78. The molecule has 0 radical (unpaired) electrons. The van der Waals surface area contributed by atoms with Gasteiger partial charge in [-0.3, -0.25) is 0 Å². The predicted molar refractivity (Wildman–Crippen MR) is 85.4 cm³/mol. The van der Waals surface area contributed by atoms with Crippen LogP contribution in [0.25, 0.3) is 0 Å². The first kappa shape index (κ1) is 15.4. The maximum atomic E-state index is 5.80. The molecule has 2 aromatic rings. The van der Waals surface area contributed by atoms with E-state index in [4.69, 9.17) is 21.1 Å². The molecule has 1 aromatic carbocycles. The van der Waals surface area contributed by atoms with Crippen LogP contribution in [0.3, 0.4) is 0 Å². The highest BCUT2D eigenvalue weighted by Gasteiger charge is 2.13. The van der Waals surface area contributed by atoms with Gasteiger partial charge in [0.05, 0.1) is 32.1 Å². The Bertz CT molecular complexity index is 587. The fourth-order valence-corrected chi connectivity index (χ4v) is 2.26. The number of rotatable bonds is 6. The van der Waals surface area contributed by atoms with Crippen LogP contribution in [0, 0.1) is 0 Å². The molecule has 0 fully saturated rings. The lowest BCUT2D eigenvalue weighted by Crippen LogP contribution is -2.10. The van der Waals surface area contributed by atoms with Crippen LogP contribution >= 0.6 is 11.6 Å². The third kappa shape index (κ3) is 3.79. The Kier molecular flexibility index (Phi) is 5.28. The highest BCUT2D eigenvalue weighted by atomic mass is 35.5. The SMILES string of the molecule is CCC(Nc1ccc(Cl)nc1)c1ccc(OC)c(OC)c1. The molecule has 1 heterocycles. The molecule has 0 bridgehead atoms. The number of hydrogen-bond acceptors (Lipinski definition) is 4. The van der Waals surface area contributed by atoms with E-state index in [0.717, 1.165) is 29.2 Å². The first-order valence-corrected chi connectivity index (χ1v) is 7.15. The Morgan fingerprint density at radius 2 is 1.90 bits per heavy atom. The smallest absolute Gasteiger partial charge is 0.161 e. The van der Waals surface area contributed by atoms with E-state index < -0.39 is 0 Å². The normalized spacial score (nSPS) is 11.8. The maximum absolute atomic E-state index is 5.80. The van der Waals surface area contributed by atoms with Crippen molar-refractivity contribution in [1.82, 2.24) is 4.98 Å². The first-order chi connectivity index (χ1) is 10.2. The van der Waals surface area contributed by atoms with Crippen molar-refractivity contribution in [1.29, 1.82) is 0 Å². The van der Waals surface area contributed by atoms with Gasteiger partial charge in [-0.2, -0.15) is 0 Å². The summed E-state index contributed by atoms with van der Waals surface area (Å²) < 4.78 is 10.6. The zero-order valence-electron chi connectivity index (χ0n) is 12.4. The molecule has 112 valence electrons. The van der Waals surface area contributed by atoms with Gasteiger partial charge < -0.3 is 14.8 Å². The van der Waals surface area contributed by atoms with Crippen molar-refractivity contribution >= 4 is 17.3 Å². The van der Waals surface area contributed by atoms with Crippen LogP contribution in [0.15, 0.2) is 36.5 Å². The van der Waals surface area contributed by atoms with Gasteiger partial charge >= 0.3 is 0 Å². The summed E-state index contributed by atoms with van der Waals surface area (Å²) in [5.41, 5.74) is 2.06. The fourth-order valence-electron chi connectivity index (χ4n) is 2.15. The molecule has 4 nitrogen and oxygen atoms in total. The number of anilines is 1. The molecule has 0 spiro atoms. The number of nitrogens with one attached hydrogen (secondary N) is 1. The average Bonchev–Trinajstić information content (AvgIpc) is 2.53. The van der Waals surface area contributed by atoms with Gasteiger partial charge in [0.15, 0.2) is 11.5 Å². The van der Waals surface area contributed by atoms with Crippen LogP contribution in [0.5, 0.6) is 11.5 Å². The van der Waals surface area contributed by atoms with Crippen molar-refractivity contribution in [2.24, 2.45) is 0 Å². The van der Waals surface area contributed by atoms with Crippen LogP contribution in [0.2, 0.25) is 5.15 Å². The van der Waals surface area contributed by atoms with E-state index in [1.165, 1.54) is 0 Å². The van der Waals surface area contributed by atoms with Gasteiger partial charge in [0.25, 0.3) is 0 Å². The van der Waals surface area contributed by atoms with Gasteiger partial charge in [-0.15, -0.1) is 0 Å². The van der Waals surface area contributed by atoms with Gasteiger partial charge in [-0.05, 0) is 36.2 Å². The van der Waals surface area contributed by atoms with Crippen molar-refractivity contribution < 1.29 is 9.47 Å². The zero-order valence-corrected chi connectivity index (χ0v) is 13.1. The summed E-state index contributed by atoms with van der Waals surface area (Å²) in [5.74, 6) is 1.45. The summed E-state index contributed by atoms with van der Waals surface area (Å²) >= 11 is 5.80. The van der Waals surface area contributed by atoms with Crippen molar-refractivity contribution in [3.05, 3.63) is 47.2 Å². The summed E-state index contributed by atoms with van der Waals surface area (Å²) in [6.45, 7) is 2.12. The molecule has 21 heavy (non-hydrogen) atoms. The first-order valence-electron chi connectivity index (χ1n) is 6.78. The van der Waals surface area contributed by atoms with Crippen LogP contribution in [-0.2, 0) is 0 Å². The summed E-state index contributed by atoms with van der Waals surface area (Å²) in [7, 11) is 3.27. The van der Waals surface area contributed by atoms with E-state index in [1.54, 1.807) is 26.5 Å². The molecule has 2 rings (SSSR count). The summed E-state index contributed by atoms with van der Waals surface area (Å²) in [4.78, 5) is 4.08. The molecule has 1 aromatic heterocycles. The van der Waals surface area contributed by atoms with Crippen molar-refractivity contribution in [2.45, 2.75) is 19.4 Å². The monoisotopic (exact) mass is 306 g/mol. The molecule has 1 unspecified atom stereocenters. The molecule has 0 aliphatic carbocycles. The third-order valence-electron chi connectivity index (χ3n) is 3.29. The Morgan fingerprint density at radius 3 is 2.48 bits per heavy atom. The van der Waals surface area contributed by atoms with E-state index >= 15 is 0 Å². The Hall–Kier alpha value is -1.94. The lowest BCUT2D eigenvalue weighted by atomic mass is 10.0. The highest BCUT2D eigenvalue weighted by molar-refractivity contribution is 6.29. The number of methoxy groups -OCH3 is 2. The number of hydrogen-bond donors (Lipinski definition) is 1. The molecular weight excluding hydrogens is 288 g/mol. The zero-order chi connectivity index (χ0) is 15.2. The minimum absolute atomic E-state index is 0.160. The molecule has 0 aliphatic heterocycles. The Morgan fingerprint density at radius 1 is 1.14 bits per heavy atom. The molecule has 0 saturated carbocycles. The molecule has 0 saturated heterocycles. The van der Waals surface area contributed by atoms with Gasteiger partial charge in [0.2, 0.25) is 0 Å². The van der Waals surface area contributed by atoms with Crippen LogP contribution in [0.4, 0.5) is 5.69 Å². The van der Waals surface area contributed by atoms with Gasteiger partial charge in [-0.1, -0.05) is 24.6 Å². The highest BCUT2D eigenvalue weighted by Crippen LogP contribution is 2.32. The number of ether oxygens (including phenoxy) is 2. The van der Waals surface area contributed by atoms with E-state index in [9.17, 15) is 0 Å². The molecule has 0 amide bonds. The lowest BCUT2D eigenvalue weighted by Gasteiger charge is -2.20. The minimum Gasteiger partial charge on any atom is -0.493 e. The fraction of sp³-hybridized carbons (Fsp3) is 0.312. The quantitative estimate of drug-likeness (QED) is 0.807. The molecule has 0 aliphatic rings. The lowest BCUT2D eigenvalue weighted by molar-refractivity contribution is 0.354. The van der Waals surface area contributed by atoms with Gasteiger partial charge in [0.1, 0.15) is 5.15 Å². The van der Waals surface area contributed by atoms with E-state index in [1.807, 2.05) is 24.3 Å². The third-order valence-corrected chi connectivity index (χ3v) is 3.51. The molecule has 5 heteroatoms. The predicted octanol–water partition coefficient (Wildman–Crippen LogP) is 4.32. The van der Waals surface area contributed by atoms with Crippen molar-refractivity contribution in [2.75, 3.05) is 19.5 Å². The van der Waals surface area contributed by atoms with Crippen molar-refractivity contribution in [3.63, 3.8) is 0 Å². The van der Waals surface area contributed by atoms with Crippen LogP contribution in [-0.4, -0.2) is 19.2 Å². The van der Waals surface area contributed by atoms with Crippen LogP contribution < -0.4 is 14.8 Å². The molecule has 1 atom stereocenters. The molecular formula is C16H19ClN2O2. The second-order valence-corrected chi connectivity index (χ2v) is 4.98. The maximum Gasteiger partial charge on any atom is 0.161 e. The average molecular weight is 307 g/mol. The van der Waals surface area contributed by atoms with Crippen molar-refractivity contribution in [3.8, 4) is 11.5 Å². The number of halogens is 1. The second kappa shape index (κ2) is 7.18. The van der Waals surface area contributed by atoms with E-state index in [-0.39, 0.29) is 6.04 Å². The number of aromatic nitrogens is 1. The Balaban J connectivity index is 2.22. The number of pyridine rings is 1. The topological polar surface area (TPSA) is 43.4 Å². The standard InChI is InChI=1S/C16H19ClN2O2/c1-4-13(19-12-6-8-16(17)18-10-12)11-5-7-14(20-2)15(9-11)21-3/h5-10,13,19H,4H2,1-3H3. The van der Waals surface area contributed by atoms with Crippen LogP contribution in [0.1, 0.15) is 24.9 Å². The number of nitrogens with zero attached hydrogens (tertiary/aromatic N) is 1.